The average molecular weight is 1590 g/mol. The molecule has 4 aliphatic rings. The molecular formula is C76H90Cl4N13NaO15. The van der Waals surface area contributed by atoms with E-state index in [0.29, 0.717) is 155 Å². The van der Waals surface area contributed by atoms with Gasteiger partial charge in [0.15, 0.2) is 0 Å². The Bertz CT molecular complexity index is 4070. The van der Waals surface area contributed by atoms with E-state index >= 15 is 0 Å². The van der Waals surface area contributed by atoms with Gasteiger partial charge in [0.1, 0.15) is 70.7 Å². The van der Waals surface area contributed by atoms with E-state index in [0.717, 1.165) is 31.7 Å². The maximum absolute atomic E-state index is 12.4. The van der Waals surface area contributed by atoms with E-state index in [1.54, 1.807) is 58.1 Å². The second-order valence-electron chi connectivity index (χ2n) is 23.6. The van der Waals surface area contributed by atoms with Gasteiger partial charge in [-0.15, -0.1) is 0 Å². The summed E-state index contributed by atoms with van der Waals surface area (Å²) >= 11 is 24.3. The summed E-state index contributed by atoms with van der Waals surface area (Å²) in [4.78, 5) is 103. The summed E-state index contributed by atoms with van der Waals surface area (Å²) in [5.74, 6) is 1.76. The largest absolute Gasteiger partial charge is 1.00 e. The van der Waals surface area contributed by atoms with E-state index in [1.807, 2.05) is 78.9 Å². The summed E-state index contributed by atoms with van der Waals surface area (Å²) in [5, 5.41) is 25.3. The third-order valence-electron chi connectivity index (χ3n) is 16.3. The summed E-state index contributed by atoms with van der Waals surface area (Å²) in [5.41, 5.74) is 6.59. The number of halogens is 4. The van der Waals surface area contributed by atoms with Crippen molar-refractivity contribution in [2.75, 3.05) is 95.3 Å². The number of aromatic carboxylic acids is 1. The molecule has 0 atom stereocenters. The molecule has 0 aliphatic carbocycles. The van der Waals surface area contributed by atoms with Crippen LogP contribution < -0.4 is 80.8 Å². The Hall–Kier alpha value is -9.75. The second kappa shape index (κ2) is 47.9. The molecule has 8 heterocycles. The molecule has 0 saturated carbocycles. The fourth-order valence-electron chi connectivity index (χ4n) is 10.7. The number of piperidine rings is 4. The van der Waals surface area contributed by atoms with Crippen LogP contribution in [-0.4, -0.2) is 185 Å². The van der Waals surface area contributed by atoms with Gasteiger partial charge < -0.3 is 70.1 Å². The van der Waals surface area contributed by atoms with Gasteiger partial charge in [-0.05, 0) is 123 Å². The number of aromatic nitrogens is 4. The third-order valence-corrected chi connectivity index (χ3v) is 17.6. The van der Waals surface area contributed by atoms with Gasteiger partial charge >= 0.3 is 65.6 Å². The van der Waals surface area contributed by atoms with Crippen molar-refractivity contribution in [1.82, 2.24) is 45.3 Å². The van der Waals surface area contributed by atoms with Crippen LogP contribution in [0, 0.1) is 0 Å². The van der Waals surface area contributed by atoms with E-state index in [4.69, 9.17) is 76.2 Å². The number of para-hydroxylation sites is 4. The molecule has 4 saturated heterocycles. The zero-order valence-corrected chi connectivity index (χ0v) is 64.2. The van der Waals surface area contributed by atoms with Gasteiger partial charge in [-0.3, -0.25) is 20.7 Å². The molecule has 109 heavy (non-hydrogen) atoms. The van der Waals surface area contributed by atoms with E-state index in [9.17, 15) is 33.6 Å². The first-order chi connectivity index (χ1) is 50.7. The number of nitrogens with one attached hydrogen (secondary N) is 5. The number of esters is 2. The van der Waals surface area contributed by atoms with Crippen LogP contribution in [0.1, 0.15) is 108 Å². The molecule has 4 aromatic carbocycles. The number of amides is 7. The molecule has 4 fully saturated rings. The van der Waals surface area contributed by atoms with Gasteiger partial charge in [-0.2, -0.15) is 0 Å². The first-order valence-electron chi connectivity index (χ1n) is 33.5. The van der Waals surface area contributed by atoms with Gasteiger partial charge in [-0.1, -0.05) is 110 Å². The minimum absolute atomic E-state index is 0. The van der Waals surface area contributed by atoms with Crippen LogP contribution in [0.5, 0.6) is 23.0 Å². The molecule has 0 radical (unpaired) electrons. The van der Waals surface area contributed by atoms with Crippen molar-refractivity contribution in [1.29, 1.82) is 0 Å². The standard InChI is InChI=1S/C19H21ClN4O3.C19H20ClN3O4.C18H18ClN3O4.C11H14ClNO.C7H8N2O2.2CH4.Na.H2O/c1-21-18(25)13-6-9-22-17(12-13)23-19(26)24-10-7-14(8-11-24)27-16-5-3-2-4-15(16)20;1-26-18(24)13-6-9-21-17(12-13)22-19(25)23-10-7-14(8-11-23)27-16-5-3-2-4-15(16)20;19-14-3-1-2-4-15(14)26-13-6-9-22(10-7-13)18(25)21-16-11-12(17(23)24)5-8-20-16;12-10-3-1-2-4-11(10)14-9-5-7-13-8-6-9;1-11-7(10)5-2-3-9-6(8)4-5;;;;/h2-6,9,12,14H,7-8,10-11H2,1H3,(H,21,25)(H,22,23,26);2-6,9,12,14H,7-8,10-11H2,1H3,(H,21,22,25);1-5,8,11,13H,6-7,9-10H2,(H,23,24)(H,20,21,25);1-4,9,13H,5-8H2;2-4H,1H3,(H2,8,9);2*1H4;;1H2/q;;;;;;;+1;/p-1. The number of anilines is 4. The number of hydrogen-bond acceptors (Lipinski definition) is 20. The number of nitrogens with two attached hydrogens (primary N) is 1. The molecule has 9 N–H and O–H groups in total. The van der Waals surface area contributed by atoms with E-state index in [2.05, 4.69) is 56.0 Å². The Morgan fingerprint density at radius 3 is 1.04 bits per heavy atom. The number of methoxy groups -OCH3 is 2. The van der Waals surface area contributed by atoms with Gasteiger partial charge in [-0.25, -0.2) is 48.7 Å². The van der Waals surface area contributed by atoms with Crippen LogP contribution >= 0.6 is 46.4 Å². The Labute approximate surface area is 675 Å². The number of pyridine rings is 4. The van der Waals surface area contributed by atoms with Crippen molar-refractivity contribution in [2.24, 2.45) is 0 Å². The summed E-state index contributed by atoms with van der Waals surface area (Å²) in [6, 6.07) is 40.7. The fourth-order valence-corrected chi connectivity index (χ4v) is 11.5. The van der Waals surface area contributed by atoms with Crippen molar-refractivity contribution in [2.45, 2.75) is 90.6 Å². The quantitative estimate of drug-likeness (QED) is 0.0370. The summed E-state index contributed by atoms with van der Waals surface area (Å²) in [6.07, 6.45) is 12.4. The van der Waals surface area contributed by atoms with Gasteiger partial charge in [0.2, 0.25) is 0 Å². The Balaban J connectivity index is 0.000000295. The molecule has 4 aromatic heterocycles. The van der Waals surface area contributed by atoms with Gasteiger partial charge in [0.25, 0.3) is 5.91 Å². The molecule has 8 aromatic rings. The minimum atomic E-state index is -1.07. The Morgan fingerprint density at radius 1 is 0.440 bits per heavy atom. The smallest absolute Gasteiger partial charge is 0.870 e. The van der Waals surface area contributed by atoms with Crippen LogP contribution in [0.15, 0.2) is 170 Å². The third kappa shape index (κ3) is 30.0. The monoisotopic (exact) mass is 1590 g/mol. The fraction of sp³-hybridized carbons (Fsp3) is 0.329. The number of carbonyl (C=O) groups is 7. The Kier molecular flexibility index (Phi) is 40.3. The zero-order chi connectivity index (χ0) is 75.0. The summed E-state index contributed by atoms with van der Waals surface area (Å²) in [7, 11) is 4.17. The number of nitrogen functional groups attached to an aromatic ring is 1. The second-order valence-corrected chi connectivity index (χ2v) is 25.2. The van der Waals surface area contributed by atoms with Gasteiger partial charge in [0, 0.05) is 115 Å². The van der Waals surface area contributed by atoms with E-state index < -0.39 is 17.9 Å². The normalized spacial score (nSPS) is 14.0. The topological polar surface area (TPSA) is 373 Å². The van der Waals surface area contributed by atoms with Crippen molar-refractivity contribution in [3.63, 3.8) is 0 Å². The number of benzene rings is 4. The molecule has 28 nitrogen and oxygen atoms in total. The first kappa shape index (κ1) is 91.6. The molecule has 578 valence electrons. The van der Waals surface area contributed by atoms with E-state index in [-0.39, 0.29) is 104 Å². The summed E-state index contributed by atoms with van der Waals surface area (Å²) in [6.45, 7) is 5.37. The number of nitrogens with zero attached hydrogens (tertiary/aromatic N) is 7. The van der Waals surface area contributed by atoms with Crippen LogP contribution in [0.3, 0.4) is 0 Å². The van der Waals surface area contributed by atoms with Crippen molar-refractivity contribution in [3.05, 3.63) is 213 Å². The van der Waals surface area contributed by atoms with Crippen molar-refractivity contribution >= 4 is 112 Å². The average Bonchev–Trinajstić information content (AvgIpc) is 0.858. The molecular weight excluding hydrogens is 1500 g/mol. The number of rotatable bonds is 15. The minimum Gasteiger partial charge on any atom is -0.870 e. The Morgan fingerprint density at radius 2 is 0.725 bits per heavy atom. The first-order valence-corrected chi connectivity index (χ1v) is 35.0. The molecule has 0 spiro atoms. The molecule has 4 aliphatic heterocycles. The maximum atomic E-state index is 12.4. The number of ether oxygens (including phenoxy) is 6. The predicted molar refractivity (Wildman–Crippen MR) is 415 cm³/mol. The number of carboxylic acid groups (broad SMARTS) is 1. The van der Waals surface area contributed by atoms with Crippen LogP contribution in [-0.2, 0) is 9.47 Å². The predicted octanol–water partition coefficient (Wildman–Crippen LogP) is 11.3. The number of urea groups is 3. The van der Waals surface area contributed by atoms with Crippen LogP contribution in [0.2, 0.25) is 20.1 Å². The zero-order valence-electron chi connectivity index (χ0n) is 59.2. The summed E-state index contributed by atoms with van der Waals surface area (Å²) < 4.78 is 32.7. The van der Waals surface area contributed by atoms with Crippen LogP contribution in [0.25, 0.3) is 0 Å². The number of carbonyl (C=O) groups excluding carboxylic acids is 6. The SMILES string of the molecule is C.C.CNC(=O)c1ccnc(NC(=O)N2CCC(Oc3ccccc3Cl)CC2)c1.COC(=O)c1ccnc(N)c1.COC(=O)c1ccnc(NC(=O)N2CCC(Oc3ccccc3Cl)CC2)c1.Clc1ccccc1OC1CCNCC1.O=C(O)c1ccnc(NC(=O)N2CCC(Oc3ccccc3Cl)CC2)c1.[Na+].[OH-]. The number of hydrogen-bond donors (Lipinski definition) is 7. The number of carboxylic acids is 1. The molecule has 7 amide bonds. The molecule has 0 bridgehead atoms. The molecule has 0 unspecified atom stereocenters. The number of likely N-dealkylation sites (tertiary alicyclic amines) is 3. The molecule has 33 heteroatoms. The van der Waals surface area contributed by atoms with E-state index in [1.165, 1.54) is 69.3 Å². The molecule has 12 rings (SSSR count). The maximum Gasteiger partial charge on any atom is 1.00 e. The van der Waals surface area contributed by atoms with Crippen molar-refractivity contribution < 1.29 is 102 Å². The van der Waals surface area contributed by atoms with Crippen LogP contribution in [0.4, 0.5) is 37.7 Å². The van der Waals surface area contributed by atoms with Crippen molar-refractivity contribution in [3.8, 4) is 23.0 Å². The van der Waals surface area contributed by atoms with Gasteiger partial charge in [0.05, 0.1) is 51.0 Å².